The molecule has 148 valence electrons. The van der Waals surface area contributed by atoms with Crippen LogP contribution in [0.5, 0.6) is 0 Å². The number of imidazole rings is 1. The minimum atomic E-state index is -0.224. The lowest BCUT2D eigenvalue weighted by molar-refractivity contribution is -0.122. The van der Waals surface area contributed by atoms with Crippen LogP contribution in [0.15, 0.2) is 53.3 Å². The Morgan fingerprint density at radius 3 is 2.48 bits per heavy atom. The summed E-state index contributed by atoms with van der Waals surface area (Å²) in [6.45, 7) is 4.08. The van der Waals surface area contributed by atoms with Crippen LogP contribution < -0.4 is 10.9 Å². The second kappa shape index (κ2) is 7.87. The monoisotopic (exact) mass is 389 g/mol. The number of amides is 1. The molecule has 2 heterocycles. The van der Waals surface area contributed by atoms with Gasteiger partial charge in [0.05, 0.1) is 28.0 Å². The van der Waals surface area contributed by atoms with Crippen molar-refractivity contribution >= 4 is 27.8 Å². The van der Waals surface area contributed by atoms with Gasteiger partial charge in [-0.05, 0) is 30.2 Å². The number of hydrogen-bond acceptors (Lipinski definition) is 4. The summed E-state index contributed by atoms with van der Waals surface area (Å²) in [4.78, 5) is 39.9. The highest BCUT2D eigenvalue weighted by Gasteiger charge is 2.21. The number of aromatic amines is 2. The number of fused-ring (bicyclic) bond motifs is 2. The van der Waals surface area contributed by atoms with Crippen LogP contribution in [-0.2, 0) is 11.2 Å². The van der Waals surface area contributed by atoms with Crippen molar-refractivity contribution in [3.63, 3.8) is 0 Å². The zero-order valence-electron chi connectivity index (χ0n) is 16.4. The van der Waals surface area contributed by atoms with E-state index in [1.165, 1.54) is 0 Å². The molecule has 2 aromatic heterocycles. The van der Waals surface area contributed by atoms with Gasteiger partial charge in [0.1, 0.15) is 11.6 Å². The number of H-pyrrole nitrogens is 2. The van der Waals surface area contributed by atoms with Crippen LogP contribution in [0.2, 0.25) is 0 Å². The molecule has 4 aromatic rings. The maximum Gasteiger partial charge on any atom is 0.258 e. The summed E-state index contributed by atoms with van der Waals surface area (Å²) in [6.07, 6.45) is 0.585. The Morgan fingerprint density at radius 2 is 1.72 bits per heavy atom. The summed E-state index contributed by atoms with van der Waals surface area (Å²) < 4.78 is 0. The third-order valence-corrected chi connectivity index (χ3v) is 4.94. The van der Waals surface area contributed by atoms with E-state index in [9.17, 15) is 9.59 Å². The van der Waals surface area contributed by atoms with E-state index in [0.717, 1.165) is 16.9 Å². The number of hydrogen-bond donors (Lipinski definition) is 3. The van der Waals surface area contributed by atoms with E-state index < -0.39 is 0 Å². The normalized spacial score (nSPS) is 12.5. The van der Waals surface area contributed by atoms with E-state index in [-0.39, 0.29) is 29.8 Å². The molecular weight excluding hydrogens is 366 g/mol. The van der Waals surface area contributed by atoms with Crippen LogP contribution in [0.1, 0.15) is 38.0 Å². The first-order valence-corrected chi connectivity index (χ1v) is 9.73. The van der Waals surface area contributed by atoms with E-state index in [2.05, 4.69) is 25.3 Å². The van der Waals surface area contributed by atoms with E-state index >= 15 is 0 Å². The molecule has 0 spiro atoms. The maximum absolute atomic E-state index is 12.6. The molecule has 7 nitrogen and oxygen atoms in total. The van der Waals surface area contributed by atoms with Crippen molar-refractivity contribution in [2.45, 2.75) is 32.7 Å². The van der Waals surface area contributed by atoms with Crippen molar-refractivity contribution in [3.05, 3.63) is 70.5 Å². The largest absolute Gasteiger partial charge is 0.346 e. The molecule has 3 N–H and O–H groups in total. The van der Waals surface area contributed by atoms with Crippen molar-refractivity contribution < 1.29 is 4.79 Å². The van der Waals surface area contributed by atoms with Gasteiger partial charge in [0, 0.05) is 12.8 Å². The molecule has 0 saturated carbocycles. The van der Waals surface area contributed by atoms with Gasteiger partial charge in [-0.1, -0.05) is 38.1 Å². The van der Waals surface area contributed by atoms with Crippen molar-refractivity contribution in [2.75, 3.05) is 0 Å². The summed E-state index contributed by atoms with van der Waals surface area (Å²) in [5.74, 6) is 1.30. The molecule has 7 heteroatoms. The third-order valence-electron chi connectivity index (χ3n) is 4.94. The molecule has 1 unspecified atom stereocenters. The predicted octanol–water partition coefficient (Wildman–Crippen LogP) is 3.25. The summed E-state index contributed by atoms with van der Waals surface area (Å²) in [6, 6.07) is 14.7. The van der Waals surface area contributed by atoms with Gasteiger partial charge in [0.2, 0.25) is 5.91 Å². The van der Waals surface area contributed by atoms with Gasteiger partial charge in [-0.2, -0.15) is 0 Å². The highest BCUT2D eigenvalue weighted by molar-refractivity contribution is 5.79. The van der Waals surface area contributed by atoms with E-state index in [0.29, 0.717) is 23.1 Å². The quantitative estimate of drug-likeness (QED) is 0.471. The highest BCUT2D eigenvalue weighted by Crippen LogP contribution is 2.22. The van der Waals surface area contributed by atoms with Gasteiger partial charge < -0.3 is 15.3 Å². The number of aryl methyl sites for hydroxylation is 1. The zero-order valence-corrected chi connectivity index (χ0v) is 16.4. The maximum atomic E-state index is 12.6. The Hall–Kier alpha value is -3.48. The lowest BCUT2D eigenvalue weighted by Crippen LogP contribution is -2.32. The van der Waals surface area contributed by atoms with Crippen molar-refractivity contribution in [1.82, 2.24) is 25.3 Å². The van der Waals surface area contributed by atoms with Crippen LogP contribution >= 0.6 is 0 Å². The van der Waals surface area contributed by atoms with E-state index in [1.807, 2.05) is 44.2 Å². The van der Waals surface area contributed by atoms with Crippen LogP contribution in [0.4, 0.5) is 0 Å². The number of carbonyl (C=O) groups excluding carboxylic acids is 1. The number of nitrogens with one attached hydrogen (secondary N) is 3. The molecule has 0 saturated heterocycles. The Balaban J connectivity index is 1.47. The summed E-state index contributed by atoms with van der Waals surface area (Å²) in [5, 5.41) is 3.61. The summed E-state index contributed by atoms with van der Waals surface area (Å²) in [5.41, 5.74) is 2.27. The highest BCUT2D eigenvalue weighted by atomic mass is 16.1. The van der Waals surface area contributed by atoms with Crippen molar-refractivity contribution in [3.8, 4) is 0 Å². The van der Waals surface area contributed by atoms with E-state index in [1.54, 1.807) is 18.2 Å². The topological polar surface area (TPSA) is 104 Å². The lowest BCUT2D eigenvalue weighted by Gasteiger charge is -2.20. The van der Waals surface area contributed by atoms with Crippen LogP contribution in [0, 0.1) is 5.92 Å². The Kier molecular flexibility index (Phi) is 5.12. The molecule has 2 aromatic carbocycles. The molecular formula is C22H23N5O2. The van der Waals surface area contributed by atoms with Gasteiger partial charge >= 0.3 is 0 Å². The molecule has 0 fully saturated rings. The average Bonchev–Trinajstić information content (AvgIpc) is 3.14. The fraction of sp³-hybridized carbons (Fsp3) is 0.273. The molecule has 0 radical (unpaired) electrons. The first kappa shape index (κ1) is 18.9. The minimum absolute atomic E-state index is 0.111. The summed E-state index contributed by atoms with van der Waals surface area (Å²) >= 11 is 0. The molecule has 0 aliphatic rings. The third kappa shape index (κ3) is 4.03. The standard InChI is InChI=1S/C22H23N5O2/c1-13(2)20(21-24-16-9-5-6-10-17(16)25-21)27-19(28)12-11-18-23-15-8-4-3-7-14(15)22(29)26-18/h3-10,13,20H,11-12H2,1-2H3,(H,24,25)(H,27,28)(H,23,26,29). The Morgan fingerprint density at radius 1 is 1.00 bits per heavy atom. The number of rotatable bonds is 6. The van der Waals surface area contributed by atoms with Crippen LogP contribution in [-0.4, -0.2) is 25.8 Å². The van der Waals surface area contributed by atoms with Crippen molar-refractivity contribution in [1.29, 1.82) is 0 Å². The molecule has 0 aliphatic carbocycles. The molecule has 1 amide bonds. The molecule has 0 bridgehead atoms. The SMILES string of the molecule is CC(C)C(NC(=O)CCc1nc2ccccc2c(=O)[nH]1)c1nc2ccccc2[nH]1. The Labute approximate surface area is 167 Å². The van der Waals surface area contributed by atoms with Crippen LogP contribution in [0.3, 0.4) is 0 Å². The van der Waals surface area contributed by atoms with Gasteiger partial charge in [0.25, 0.3) is 5.56 Å². The first-order chi connectivity index (χ1) is 14.0. The van der Waals surface area contributed by atoms with Gasteiger partial charge in [-0.25, -0.2) is 9.97 Å². The average molecular weight is 389 g/mol. The number of benzene rings is 2. The summed E-state index contributed by atoms with van der Waals surface area (Å²) in [7, 11) is 0. The smallest absolute Gasteiger partial charge is 0.258 e. The molecule has 0 aliphatic heterocycles. The zero-order chi connectivity index (χ0) is 20.4. The first-order valence-electron chi connectivity index (χ1n) is 9.73. The second-order valence-corrected chi connectivity index (χ2v) is 7.46. The van der Waals surface area contributed by atoms with Gasteiger partial charge in [-0.3, -0.25) is 9.59 Å². The molecule has 4 rings (SSSR count). The van der Waals surface area contributed by atoms with Gasteiger partial charge in [0.15, 0.2) is 0 Å². The fourth-order valence-electron chi connectivity index (χ4n) is 3.40. The number of carbonyl (C=O) groups is 1. The molecule has 29 heavy (non-hydrogen) atoms. The Bertz CT molecular complexity index is 1190. The van der Waals surface area contributed by atoms with Gasteiger partial charge in [-0.15, -0.1) is 0 Å². The van der Waals surface area contributed by atoms with Crippen molar-refractivity contribution in [2.24, 2.45) is 5.92 Å². The lowest BCUT2D eigenvalue weighted by atomic mass is 10.0. The minimum Gasteiger partial charge on any atom is -0.346 e. The predicted molar refractivity (Wildman–Crippen MR) is 113 cm³/mol. The number of aromatic nitrogens is 4. The fourth-order valence-corrected chi connectivity index (χ4v) is 3.40. The molecule has 1 atom stereocenters. The second-order valence-electron chi connectivity index (χ2n) is 7.46. The van der Waals surface area contributed by atoms with E-state index in [4.69, 9.17) is 0 Å². The van der Waals surface area contributed by atoms with Crippen LogP contribution in [0.25, 0.3) is 21.9 Å². The number of para-hydroxylation sites is 3. The number of nitrogens with zero attached hydrogens (tertiary/aromatic N) is 2.